The number of methoxy groups -OCH3 is 1. The normalized spacial score (nSPS) is 11.6. The minimum Gasteiger partial charge on any atom is -0.497 e. The number of halogens is 1. The van der Waals surface area contributed by atoms with Crippen molar-refractivity contribution < 1.29 is 13.2 Å². The van der Waals surface area contributed by atoms with Gasteiger partial charge >= 0.3 is 0 Å². The van der Waals surface area contributed by atoms with Crippen LogP contribution >= 0.6 is 11.6 Å². The highest BCUT2D eigenvalue weighted by atomic mass is 35.5. The molecule has 192 valence electrons. The van der Waals surface area contributed by atoms with Gasteiger partial charge in [-0.05, 0) is 84.8 Å². The highest BCUT2D eigenvalue weighted by molar-refractivity contribution is 7.89. The second-order valence-corrected chi connectivity index (χ2v) is 11.7. The SMILES string of the molecule is COc1cccc(-c2ccc(CN(CCc3cccc(Cl)c3)S(=O)(=O)c3c(C)cc(C)cc3C)cc2)c1. The molecule has 0 radical (unpaired) electrons. The van der Waals surface area contributed by atoms with Crippen LogP contribution in [-0.4, -0.2) is 26.4 Å². The Hall–Kier alpha value is -3.12. The summed E-state index contributed by atoms with van der Waals surface area (Å²) in [6.45, 7) is 6.33. The summed E-state index contributed by atoms with van der Waals surface area (Å²) < 4.78 is 35.0. The lowest BCUT2D eigenvalue weighted by Crippen LogP contribution is -2.33. The van der Waals surface area contributed by atoms with Crippen LogP contribution in [-0.2, 0) is 23.0 Å². The number of rotatable bonds is 9. The molecule has 0 saturated carbocycles. The van der Waals surface area contributed by atoms with Gasteiger partial charge in [0.2, 0.25) is 10.0 Å². The van der Waals surface area contributed by atoms with Crippen molar-refractivity contribution in [3.8, 4) is 16.9 Å². The van der Waals surface area contributed by atoms with Gasteiger partial charge in [-0.2, -0.15) is 4.31 Å². The standard InChI is InChI=1S/C31H32ClNO3S/c1-22-17-23(2)31(24(3)18-22)37(34,35)33(16-15-25-7-5-9-29(32)19-25)21-26-11-13-27(14-12-26)28-8-6-10-30(20-28)36-4/h5-14,17-20H,15-16,21H2,1-4H3. The third-order valence-electron chi connectivity index (χ3n) is 6.46. The minimum atomic E-state index is -3.75. The highest BCUT2D eigenvalue weighted by Gasteiger charge is 2.28. The summed E-state index contributed by atoms with van der Waals surface area (Å²) in [5.41, 5.74) is 6.58. The topological polar surface area (TPSA) is 46.6 Å². The van der Waals surface area contributed by atoms with Crippen LogP contribution in [0, 0.1) is 20.8 Å². The summed E-state index contributed by atoms with van der Waals surface area (Å²) in [6.07, 6.45) is 0.561. The Morgan fingerprint density at radius 1 is 0.784 bits per heavy atom. The van der Waals surface area contributed by atoms with Crippen molar-refractivity contribution >= 4 is 21.6 Å². The van der Waals surface area contributed by atoms with E-state index in [0.717, 1.165) is 44.7 Å². The van der Waals surface area contributed by atoms with Gasteiger partial charge in [0.25, 0.3) is 0 Å². The minimum absolute atomic E-state index is 0.272. The zero-order chi connectivity index (χ0) is 26.6. The molecular formula is C31H32ClNO3S. The van der Waals surface area contributed by atoms with E-state index >= 15 is 0 Å². The third-order valence-corrected chi connectivity index (χ3v) is 8.84. The molecule has 0 amide bonds. The second kappa shape index (κ2) is 11.5. The summed E-state index contributed by atoms with van der Waals surface area (Å²) in [5, 5.41) is 0.644. The molecule has 0 aromatic heterocycles. The number of ether oxygens (including phenoxy) is 1. The predicted octanol–water partition coefficient (Wildman–Crippen LogP) is 7.37. The van der Waals surface area contributed by atoms with E-state index in [2.05, 4.69) is 0 Å². The summed E-state index contributed by atoms with van der Waals surface area (Å²) in [4.78, 5) is 0.386. The molecule has 0 saturated heterocycles. The lowest BCUT2D eigenvalue weighted by Gasteiger charge is -2.25. The first-order valence-electron chi connectivity index (χ1n) is 12.2. The molecule has 0 N–H and O–H groups in total. The van der Waals surface area contributed by atoms with Crippen LogP contribution in [0.15, 0.2) is 89.8 Å². The molecule has 0 fully saturated rings. The molecule has 0 bridgehead atoms. The molecule has 0 aliphatic heterocycles. The zero-order valence-corrected chi connectivity index (χ0v) is 23.2. The molecule has 0 heterocycles. The summed E-state index contributed by atoms with van der Waals surface area (Å²) in [7, 11) is -2.09. The summed E-state index contributed by atoms with van der Waals surface area (Å²) >= 11 is 6.18. The number of nitrogens with zero attached hydrogens (tertiary/aromatic N) is 1. The maximum Gasteiger partial charge on any atom is 0.243 e. The summed E-state index contributed by atoms with van der Waals surface area (Å²) in [6, 6.07) is 27.3. The fourth-order valence-electron chi connectivity index (χ4n) is 4.74. The fourth-order valence-corrected chi connectivity index (χ4v) is 6.80. The summed E-state index contributed by atoms with van der Waals surface area (Å²) in [5.74, 6) is 0.795. The average molecular weight is 534 g/mol. The Labute approximate surface area is 225 Å². The largest absolute Gasteiger partial charge is 0.497 e. The Kier molecular flexibility index (Phi) is 8.38. The van der Waals surface area contributed by atoms with Gasteiger partial charge in [0, 0.05) is 18.1 Å². The Bertz CT molecular complexity index is 1470. The molecule has 37 heavy (non-hydrogen) atoms. The molecule has 4 aromatic carbocycles. The van der Waals surface area contributed by atoms with E-state index in [0.29, 0.717) is 22.9 Å². The van der Waals surface area contributed by atoms with E-state index in [9.17, 15) is 8.42 Å². The van der Waals surface area contributed by atoms with Gasteiger partial charge in [-0.3, -0.25) is 0 Å². The van der Waals surface area contributed by atoms with E-state index in [4.69, 9.17) is 16.3 Å². The van der Waals surface area contributed by atoms with Crippen LogP contribution in [0.3, 0.4) is 0 Å². The van der Waals surface area contributed by atoms with Crippen LogP contribution in [0.5, 0.6) is 5.75 Å². The molecule has 6 heteroatoms. The maximum absolute atomic E-state index is 14.0. The van der Waals surface area contributed by atoms with Crippen LogP contribution in [0.1, 0.15) is 27.8 Å². The number of hydrogen-bond donors (Lipinski definition) is 0. The van der Waals surface area contributed by atoms with Crippen LogP contribution in [0.2, 0.25) is 5.02 Å². The average Bonchev–Trinajstić information content (AvgIpc) is 2.86. The van der Waals surface area contributed by atoms with E-state index in [1.165, 1.54) is 0 Å². The molecule has 0 unspecified atom stereocenters. The molecule has 0 atom stereocenters. The van der Waals surface area contributed by atoms with Gasteiger partial charge < -0.3 is 4.74 Å². The number of benzene rings is 4. The monoisotopic (exact) mass is 533 g/mol. The zero-order valence-electron chi connectivity index (χ0n) is 21.7. The molecule has 0 aliphatic rings. The van der Waals surface area contributed by atoms with Crippen molar-refractivity contribution in [3.63, 3.8) is 0 Å². The fraction of sp³-hybridized carbons (Fsp3) is 0.226. The van der Waals surface area contributed by atoms with Gasteiger partial charge in [-0.25, -0.2) is 8.42 Å². The molecule has 4 nitrogen and oxygen atoms in total. The van der Waals surface area contributed by atoms with Crippen molar-refractivity contribution in [2.75, 3.05) is 13.7 Å². The predicted molar refractivity (Wildman–Crippen MR) is 152 cm³/mol. The van der Waals surface area contributed by atoms with Gasteiger partial charge in [-0.15, -0.1) is 0 Å². The van der Waals surface area contributed by atoms with Gasteiger partial charge in [0.15, 0.2) is 0 Å². The van der Waals surface area contributed by atoms with Gasteiger partial charge in [0.05, 0.1) is 12.0 Å². The van der Waals surface area contributed by atoms with Crippen molar-refractivity contribution in [2.24, 2.45) is 0 Å². The third kappa shape index (κ3) is 6.42. The molecule has 4 rings (SSSR count). The number of aryl methyl sites for hydroxylation is 3. The lowest BCUT2D eigenvalue weighted by atomic mass is 10.0. The van der Waals surface area contributed by atoms with Crippen LogP contribution in [0.4, 0.5) is 0 Å². The number of hydrogen-bond acceptors (Lipinski definition) is 3. The van der Waals surface area contributed by atoms with E-state index in [-0.39, 0.29) is 6.54 Å². The molecular weight excluding hydrogens is 502 g/mol. The van der Waals surface area contributed by atoms with Crippen molar-refractivity contribution in [1.82, 2.24) is 4.31 Å². The van der Waals surface area contributed by atoms with E-state index in [1.54, 1.807) is 11.4 Å². The van der Waals surface area contributed by atoms with Gasteiger partial charge in [0.1, 0.15) is 5.75 Å². The van der Waals surface area contributed by atoms with E-state index < -0.39 is 10.0 Å². The van der Waals surface area contributed by atoms with E-state index in [1.807, 2.05) is 106 Å². The first-order valence-corrected chi connectivity index (χ1v) is 14.0. The van der Waals surface area contributed by atoms with Crippen LogP contribution < -0.4 is 4.74 Å². The van der Waals surface area contributed by atoms with Crippen molar-refractivity contribution in [1.29, 1.82) is 0 Å². The van der Waals surface area contributed by atoms with Crippen molar-refractivity contribution in [3.05, 3.63) is 118 Å². The van der Waals surface area contributed by atoms with Crippen molar-refractivity contribution in [2.45, 2.75) is 38.6 Å². The first kappa shape index (κ1) is 26.9. The smallest absolute Gasteiger partial charge is 0.243 e. The van der Waals surface area contributed by atoms with Gasteiger partial charge in [-0.1, -0.05) is 77.8 Å². The number of sulfonamides is 1. The maximum atomic E-state index is 14.0. The Morgan fingerprint density at radius 2 is 1.46 bits per heavy atom. The Balaban J connectivity index is 1.65. The van der Waals surface area contributed by atoms with Crippen LogP contribution in [0.25, 0.3) is 11.1 Å². The second-order valence-electron chi connectivity index (χ2n) is 9.38. The highest BCUT2D eigenvalue weighted by Crippen LogP contribution is 2.28. The molecule has 0 spiro atoms. The molecule has 0 aliphatic carbocycles. The lowest BCUT2D eigenvalue weighted by molar-refractivity contribution is 0.409. The quantitative estimate of drug-likeness (QED) is 0.225. The Morgan fingerprint density at radius 3 is 2.11 bits per heavy atom. The first-order chi connectivity index (χ1) is 17.7. The molecule has 4 aromatic rings.